The van der Waals surface area contributed by atoms with Crippen LogP contribution >= 0.6 is 11.6 Å². The first-order valence-electron chi connectivity index (χ1n) is 8.54. The zero-order valence-electron chi connectivity index (χ0n) is 14.3. The summed E-state index contributed by atoms with van der Waals surface area (Å²) < 4.78 is 0. The standard InChI is InChI=1S/C19H17ClN4O3/c20-12-4-3-5-13(10-12)24-9-8-23(19(24)27)11-16(25)22-17-14-6-1-2-7-15(14)21-18(17)26/h1-7,10,17H,8-9,11H2,(H,21,26)(H,22,25). The Labute approximate surface area is 160 Å². The van der Waals surface area contributed by atoms with Crippen LogP contribution in [0.2, 0.25) is 5.02 Å². The van der Waals surface area contributed by atoms with E-state index in [1.165, 1.54) is 4.90 Å². The molecular weight excluding hydrogens is 368 g/mol. The van der Waals surface area contributed by atoms with Gasteiger partial charge in [-0.15, -0.1) is 0 Å². The van der Waals surface area contributed by atoms with Gasteiger partial charge in [0.05, 0.1) is 0 Å². The van der Waals surface area contributed by atoms with Gasteiger partial charge in [-0.05, 0) is 24.3 Å². The molecule has 1 fully saturated rings. The molecule has 1 atom stereocenters. The number of nitrogens with one attached hydrogen (secondary N) is 2. The molecule has 4 amide bonds. The van der Waals surface area contributed by atoms with Gasteiger partial charge in [-0.2, -0.15) is 0 Å². The van der Waals surface area contributed by atoms with E-state index in [-0.39, 0.29) is 24.4 Å². The highest BCUT2D eigenvalue weighted by Crippen LogP contribution is 2.30. The number of fused-ring (bicyclic) bond motifs is 1. The van der Waals surface area contributed by atoms with E-state index in [0.717, 1.165) is 5.56 Å². The minimum atomic E-state index is -0.740. The van der Waals surface area contributed by atoms with Crippen LogP contribution in [-0.2, 0) is 9.59 Å². The van der Waals surface area contributed by atoms with Crippen LogP contribution in [0.15, 0.2) is 48.5 Å². The Balaban J connectivity index is 1.41. The lowest BCUT2D eigenvalue weighted by Gasteiger charge is -2.19. The normalized spacial score (nSPS) is 18.5. The van der Waals surface area contributed by atoms with Crippen LogP contribution in [0.1, 0.15) is 11.6 Å². The Morgan fingerprint density at radius 2 is 1.96 bits per heavy atom. The molecule has 8 heteroatoms. The van der Waals surface area contributed by atoms with E-state index in [0.29, 0.717) is 29.5 Å². The number of anilines is 2. The molecule has 0 bridgehead atoms. The number of para-hydroxylation sites is 1. The molecule has 1 unspecified atom stereocenters. The molecule has 2 aliphatic heterocycles. The Morgan fingerprint density at radius 1 is 1.15 bits per heavy atom. The van der Waals surface area contributed by atoms with Crippen LogP contribution in [0.25, 0.3) is 0 Å². The second-order valence-electron chi connectivity index (χ2n) is 6.41. The highest BCUT2D eigenvalue weighted by Gasteiger charge is 2.34. The summed E-state index contributed by atoms with van der Waals surface area (Å²) in [6, 6.07) is 13.2. The highest BCUT2D eigenvalue weighted by molar-refractivity contribution is 6.30. The summed E-state index contributed by atoms with van der Waals surface area (Å²) in [5.41, 5.74) is 2.11. The molecule has 0 spiro atoms. The lowest BCUT2D eigenvalue weighted by atomic mass is 10.1. The van der Waals surface area contributed by atoms with Crippen LogP contribution < -0.4 is 15.5 Å². The van der Waals surface area contributed by atoms with Crippen molar-refractivity contribution in [2.45, 2.75) is 6.04 Å². The fourth-order valence-electron chi connectivity index (χ4n) is 3.34. The third-order valence-electron chi connectivity index (χ3n) is 4.65. The first-order valence-corrected chi connectivity index (χ1v) is 8.92. The summed E-state index contributed by atoms with van der Waals surface area (Å²) in [4.78, 5) is 40.2. The van der Waals surface area contributed by atoms with Crippen molar-refractivity contribution in [1.82, 2.24) is 10.2 Å². The molecule has 0 saturated carbocycles. The van der Waals surface area contributed by atoms with Crippen LogP contribution in [0.3, 0.4) is 0 Å². The van der Waals surface area contributed by atoms with Gasteiger partial charge in [-0.3, -0.25) is 14.5 Å². The molecule has 4 rings (SSSR count). The minimum absolute atomic E-state index is 0.109. The number of urea groups is 1. The molecule has 138 valence electrons. The third kappa shape index (κ3) is 3.33. The predicted octanol–water partition coefficient (Wildman–Crippen LogP) is 2.39. The van der Waals surface area contributed by atoms with Gasteiger partial charge >= 0.3 is 6.03 Å². The van der Waals surface area contributed by atoms with Gasteiger partial charge in [0.25, 0.3) is 5.91 Å². The van der Waals surface area contributed by atoms with Gasteiger partial charge in [-0.25, -0.2) is 4.79 Å². The fourth-order valence-corrected chi connectivity index (χ4v) is 3.53. The van der Waals surface area contributed by atoms with Crippen molar-refractivity contribution in [1.29, 1.82) is 0 Å². The van der Waals surface area contributed by atoms with E-state index in [1.807, 2.05) is 12.1 Å². The van der Waals surface area contributed by atoms with Gasteiger partial charge in [0.1, 0.15) is 12.6 Å². The number of nitrogens with zero attached hydrogens (tertiary/aromatic N) is 2. The maximum absolute atomic E-state index is 12.6. The van der Waals surface area contributed by atoms with Gasteiger partial charge in [0.2, 0.25) is 5.91 Å². The zero-order chi connectivity index (χ0) is 19.0. The largest absolute Gasteiger partial charge is 0.339 e. The maximum atomic E-state index is 12.6. The first kappa shape index (κ1) is 17.4. The summed E-state index contributed by atoms with van der Waals surface area (Å²) in [6.07, 6.45) is 0. The number of carbonyl (C=O) groups excluding carboxylic acids is 3. The van der Waals surface area contributed by atoms with Gasteiger partial charge in [0, 0.05) is 35.1 Å². The number of hydrogen-bond acceptors (Lipinski definition) is 3. The molecule has 2 aromatic carbocycles. The lowest BCUT2D eigenvalue weighted by Crippen LogP contribution is -2.42. The minimum Gasteiger partial charge on any atom is -0.339 e. The first-order chi connectivity index (χ1) is 13.0. The van der Waals surface area contributed by atoms with E-state index in [9.17, 15) is 14.4 Å². The molecule has 2 N–H and O–H groups in total. The number of carbonyl (C=O) groups is 3. The summed E-state index contributed by atoms with van der Waals surface area (Å²) in [5.74, 6) is -0.661. The van der Waals surface area contributed by atoms with E-state index in [1.54, 1.807) is 41.3 Å². The molecule has 2 aromatic rings. The monoisotopic (exact) mass is 384 g/mol. The Kier molecular flexibility index (Phi) is 4.45. The smallest absolute Gasteiger partial charge is 0.325 e. The van der Waals surface area contributed by atoms with E-state index >= 15 is 0 Å². The zero-order valence-corrected chi connectivity index (χ0v) is 15.1. The molecule has 2 heterocycles. The van der Waals surface area contributed by atoms with Crippen LogP contribution in [0.5, 0.6) is 0 Å². The van der Waals surface area contributed by atoms with Crippen LogP contribution in [-0.4, -0.2) is 42.4 Å². The topological polar surface area (TPSA) is 81.8 Å². The number of rotatable bonds is 4. The van der Waals surface area contributed by atoms with Crippen molar-refractivity contribution in [3.63, 3.8) is 0 Å². The average molecular weight is 385 g/mol. The highest BCUT2D eigenvalue weighted by atomic mass is 35.5. The molecule has 0 radical (unpaired) electrons. The van der Waals surface area contributed by atoms with Crippen molar-refractivity contribution in [3.8, 4) is 0 Å². The molecule has 0 aromatic heterocycles. The Bertz CT molecular complexity index is 933. The van der Waals surface area contributed by atoms with E-state index in [4.69, 9.17) is 11.6 Å². The maximum Gasteiger partial charge on any atom is 0.325 e. The molecule has 2 aliphatic rings. The van der Waals surface area contributed by atoms with Crippen LogP contribution in [0, 0.1) is 0 Å². The van der Waals surface area contributed by atoms with Gasteiger partial charge in [-0.1, -0.05) is 35.9 Å². The molecule has 0 aliphatic carbocycles. The van der Waals surface area contributed by atoms with Crippen molar-refractivity contribution >= 4 is 40.8 Å². The number of benzene rings is 2. The van der Waals surface area contributed by atoms with Crippen molar-refractivity contribution in [3.05, 3.63) is 59.1 Å². The second-order valence-corrected chi connectivity index (χ2v) is 6.85. The molecule has 7 nitrogen and oxygen atoms in total. The van der Waals surface area contributed by atoms with E-state index in [2.05, 4.69) is 10.6 Å². The van der Waals surface area contributed by atoms with Crippen LogP contribution in [0.4, 0.5) is 16.2 Å². The predicted molar refractivity (Wildman–Crippen MR) is 102 cm³/mol. The quantitative estimate of drug-likeness (QED) is 0.849. The number of amides is 4. The summed E-state index contributed by atoms with van der Waals surface area (Å²) in [5, 5.41) is 5.99. The van der Waals surface area contributed by atoms with Crippen molar-refractivity contribution in [2.75, 3.05) is 29.9 Å². The SMILES string of the molecule is O=C(CN1CCN(c2cccc(Cl)c2)C1=O)NC1C(=O)Nc2ccccc21. The fraction of sp³-hybridized carbons (Fsp3) is 0.211. The molecule has 27 heavy (non-hydrogen) atoms. The Morgan fingerprint density at radius 3 is 2.78 bits per heavy atom. The van der Waals surface area contributed by atoms with Gasteiger partial charge in [0.15, 0.2) is 0 Å². The number of hydrogen-bond donors (Lipinski definition) is 2. The molecule has 1 saturated heterocycles. The van der Waals surface area contributed by atoms with Gasteiger partial charge < -0.3 is 15.5 Å². The molecular formula is C19H17ClN4O3. The average Bonchev–Trinajstić information content (AvgIpc) is 3.15. The van der Waals surface area contributed by atoms with E-state index < -0.39 is 6.04 Å². The van der Waals surface area contributed by atoms with Crippen molar-refractivity contribution in [2.24, 2.45) is 0 Å². The number of halogens is 1. The Hall–Kier alpha value is -3.06. The second kappa shape index (κ2) is 6.92. The summed E-state index contributed by atoms with van der Waals surface area (Å²) in [7, 11) is 0. The summed E-state index contributed by atoms with van der Waals surface area (Å²) in [6.45, 7) is 0.785. The summed E-state index contributed by atoms with van der Waals surface area (Å²) >= 11 is 5.99. The third-order valence-corrected chi connectivity index (χ3v) is 4.88. The lowest BCUT2D eigenvalue weighted by molar-refractivity contribution is -0.126. The van der Waals surface area contributed by atoms with Crippen molar-refractivity contribution < 1.29 is 14.4 Å².